The third-order valence-electron chi connectivity index (χ3n) is 6.86. The molecular formula is C17H21N. The number of hydrogen-bond donors (Lipinski definition) is 1. The van der Waals surface area contributed by atoms with Gasteiger partial charge in [-0.05, 0) is 66.3 Å². The van der Waals surface area contributed by atoms with Crippen LogP contribution in [0.2, 0.25) is 0 Å². The van der Waals surface area contributed by atoms with Crippen LogP contribution in [0.5, 0.6) is 0 Å². The molecule has 7 aliphatic carbocycles. The van der Waals surface area contributed by atoms with Crippen molar-refractivity contribution in [3.8, 4) is 0 Å². The van der Waals surface area contributed by atoms with E-state index in [4.69, 9.17) is 5.73 Å². The highest BCUT2D eigenvalue weighted by Gasteiger charge is 2.77. The molecule has 0 saturated heterocycles. The predicted octanol–water partition coefficient (Wildman–Crippen LogP) is 3.31. The smallest absolute Gasteiger partial charge is 0.0165 e. The van der Waals surface area contributed by atoms with Crippen LogP contribution in [-0.4, -0.2) is 6.04 Å². The molecule has 0 radical (unpaired) electrons. The van der Waals surface area contributed by atoms with E-state index in [-0.39, 0.29) is 0 Å². The molecule has 7 aliphatic rings. The summed E-state index contributed by atoms with van der Waals surface area (Å²) in [5.41, 5.74) is 9.23. The summed E-state index contributed by atoms with van der Waals surface area (Å²) in [5, 5.41) is 0. The van der Waals surface area contributed by atoms with E-state index in [1.54, 1.807) is 5.56 Å². The molecule has 0 atom stereocenters. The Morgan fingerprint density at radius 2 is 1.44 bits per heavy atom. The van der Waals surface area contributed by atoms with Gasteiger partial charge in [0.1, 0.15) is 0 Å². The first kappa shape index (κ1) is 10.0. The van der Waals surface area contributed by atoms with E-state index >= 15 is 0 Å². The summed E-state index contributed by atoms with van der Waals surface area (Å²) in [6, 6.07) is 11.8. The van der Waals surface area contributed by atoms with Crippen LogP contribution < -0.4 is 5.73 Å². The average Bonchev–Trinajstić information content (AvgIpc) is 2.37. The molecule has 0 unspecified atom stereocenters. The van der Waals surface area contributed by atoms with Crippen LogP contribution in [0.15, 0.2) is 30.3 Å². The first-order valence-corrected chi connectivity index (χ1v) is 7.55. The summed E-state index contributed by atoms with van der Waals surface area (Å²) < 4.78 is 0. The molecular weight excluding hydrogens is 218 g/mol. The third kappa shape index (κ3) is 0.872. The van der Waals surface area contributed by atoms with Crippen LogP contribution in [0.4, 0.5) is 0 Å². The summed E-state index contributed by atoms with van der Waals surface area (Å²) in [6.45, 7) is 0. The molecule has 0 heterocycles. The molecule has 0 aliphatic heterocycles. The van der Waals surface area contributed by atoms with Gasteiger partial charge in [-0.25, -0.2) is 0 Å². The van der Waals surface area contributed by atoms with Gasteiger partial charge >= 0.3 is 0 Å². The second-order valence-electron chi connectivity index (χ2n) is 7.57. The fraction of sp³-hybridized carbons (Fsp3) is 0.647. The van der Waals surface area contributed by atoms with Crippen LogP contribution in [0.1, 0.15) is 43.6 Å². The van der Waals surface area contributed by atoms with E-state index < -0.39 is 0 Å². The summed E-state index contributed by atoms with van der Waals surface area (Å²) in [6.07, 6.45) is 7.20. The van der Waals surface area contributed by atoms with E-state index in [1.807, 2.05) is 0 Å². The average molecular weight is 239 g/mol. The maximum atomic E-state index is 6.67. The molecule has 2 N–H and O–H groups in total. The van der Waals surface area contributed by atoms with Crippen molar-refractivity contribution in [2.75, 3.05) is 0 Å². The molecule has 0 amide bonds. The quantitative estimate of drug-likeness (QED) is 0.799. The zero-order chi connectivity index (χ0) is 12.0. The minimum atomic E-state index is 0.492. The molecule has 1 nitrogen and oxygen atoms in total. The molecule has 7 saturated carbocycles. The van der Waals surface area contributed by atoms with Crippen molar-refractivity contribution >= 4 is 0 Å². The predicted molar refractivity (Wildman–Crippen MR) is 72.1 cm³/mol. The van der Waals surface area contributed by atoms with Crippen LogP contribution in [0.3, 0.4) is 0 Å². The molecule has 1 aromatic carbocycles. The molecule has 1 heteroatoms. The monoisotopic (exact) mass is 239 g/mol. The Balaban J connectivity index is 1.67. The summed E-state index contributed by atoms with van der Waals surface area (Å²) >= 11 is 0. The van der Waals surface area contributed by atoms with Gasteiger partial charge in [0.25, 0.3) is 0 Å². The zero-order valence-corrected chi connectivity index (χ0v) is 10.8. The lowest BCUT2D eigenvalue weighted by Gasteiger charge is -2.80. The molecule has 0 aromatic heterocycles. The number of hydrogen-bond acceptors (Lipinski definition) is 1. The van der Waals surface area contributed by atoms with Crippen LogP contribution >= 0.6 is 0 Å². The summed E-state index contributed by atoms with van der Waals surface area (Å²) in [5.74, 6) is 2.81. The Morgan fingerprint density at radius 1 is 0.889 bits per heavy atom. The minimum Gasteiger partial charge on any atom is -0.327 e. The topological polar surface area (TPSA) is 26.0 Å². The molecule has 7 fully saturated rings. The molecule has 4 bridgehead atoms. The summed E-state index contributed by atoms with van der Waals surface area (Å²) in [4.78, 5) is 0. The normalized spacial score (nSPS) is 55.4. The van der Waals surface area contributed by atoms with Crippen molar-refractivity contribution in [3.05, 3.63) is 35.9 Å². The lowest BCUT2D eigenvalue weighted by Crippen LogP contribution is -2.79. The van der Waals surface area contributed by atoms with Gasteiger partial charge in [0.2, 0.25) is 0 Å². The van der Waals surface area contributed by atoms with Crippen molar-refractivity contribution in [1.29, 1.82) is 0 Å². The van der Waals surface area contributed by atoms with Crippen molar-refractivity contribution < 1.29 is 0 Å². The van der Waals surface area contributed by atoms with Crippen molar-refractivity contribution in [2.45, 2.75) is 44.1 Å². The van der Waals surface area contributed by atoms with Gasteiger partial charge in [0.05, 0.1) is 0 Å². The Bertz CT molecular complexity index is 468. The second kappa shape index (κ2) is 2.85. The SMILES string of the molecule is NC1C23CC4CC(C2)CC1(C4)C3c1ccccc1. The van der Waals surface area contributed by atoms with Crippen molar-refractivity contribution in [2.24, 2.45) is 28.4 Å². The van der Waals surface area contributed by atoms with Gasteiger partial charge < -0.3 is 5.73 Å². The molecule has 18 heavy (non-hydrogen) atoms. The number of rotatable bonds is 1. The van der Waals surface area contributed by atoms with Gasteiger partial charge in [0, 0.05) is 6.04 Å². The van der Waals surface area contributed by atoms with Gasteiger partial charge in [-0.1, -0.05) is 30.3 Å². The first-order valence-electron chi connectivity index (χ1n) is 7.55. The maximum Gasteiger partial charge on any atom is 0.0165 e. The fourth-order valence-corrected chi connectivity index (χ4v) is 6.96. The molecule has 1 aromatic rings. The highest BCUT2D eigenvalue weighted by atomic mass is 14.9. The van der Waals surface area contributed by atoms with Gasteiger partial charge in [-0.3, -0.25) is 0 Å². The minimum absolute atomic E-state index is 0.492. The lowest BCUT2D eigenvalue weighted by atomic mass is 9.25. The van der Waals surface area contributed by atoms with Crippen molar-refractivity contribution in [1.82, 2.24) is 0 Å². The Hall–Kier alpha value is -0.820. The maximum absolute atomic E-state index is 6.67. The van der Waals surface area contributed by atoms with E-state index in [1.165, 1.54) is 32.1 Å². The highest BCUT2D eigenvalue weighted by Crippen LogP contribution is 2.82. The number of nitrogens with two attached hydrogens (primary N) is 1. The Kier molecular flexibility index (Phi) is 1.59. The second-order valence-corrected chi connectivity index (χ2v) is 7.57. The number of benzene rings is 1. The van der Waals surface area contributed by atoms with Crippen LogP contribution in [0, 0.1) is 22.7 Å². The first-order chi connectivity index (χ1) is 8.75. The van der Waals surface area contributed by atoms with Gasteiger partial charge in [-0.15, -0.1) is 0 Å². The summed E-state index contributed by atoms with van der Waals surface area (Å²) in [7, 11) is 0. The van der Waals surface area contributed by atoms with E-state index in [0.717, 1.165) is 17.8 Å². The highest BCUT2D eigenvalue weighted by molar-refractivity contribution is 5.40. The lowest BCUT2D eigenvalue weighted by molar-refractivity contribution is -0.261. The fourth-order valence-electron chi connectivity index (χ4n) is 6.96. The van der Waals surface area contributed by atoms with E-state index in [2.05, 4.69) is 30.3 Å². The molecule has 8 rings (SSSR count). The van der Waals surface area contributed by atoms with Crippen molar-refractivity contribution in [3.63, 3.8) is 0 Å². The van der Waals surface area contributed by atoms with Gasteiger partial charge in [-0.2, -0.15) is 0 Å². The Morgan fingerprint density at radius 3 is 2.00 bits per heavy atom. The van der Waals surface area contributed by atoms with Gasteiger partial charge in [0.15, 0.2) is 0 Å². The molecule has 2 spiro atoms. The standard InChI is InChI=1S/C17H21N/c18-15-16-7-11-6-12(9-16)10-17(15,8-11)14(16)13-4-2-1-3-5-13/h1-5,11-12,14-15H,6-10,18H2. The third-order valence-corrected chi connectivity index (χ3v) is 6.86. The van der Waals surface area contributed by atoms with Crippen LogP contribution in [0.25, 0.3) is 0 Å². The van der Waals surface area contributed by atoms with E-state index in [9.17, 15) is 0 Å². The van der Waals surface area contributed by atoms with E-state index in [0.29, 0.717) is 16.9 Å². The molecule has 94 valence electrons. The Labute approximate surface area is 109 Å². The zero-order valence-electron chi connectivity index (χ0n) is 10.8. The largest absolute Gasteiger partial charge is 0.327 e. The van der Waals surface area contributed by atoms with Crippen LogP contribution in [-0.2, 0) is 0 Å².